The fourth-order valence-corrected chi connectivity index (χ4v) is 1.93. The molecule has 0 aliphatic carbocycles. The van der Waals surface area contributed by atoms with E-state index in [0.717, 1.165) is 0 Å². The first-order valence-electron chi connectivity index (χ1n) is 6.63. The largest absolute Gasteiger partial charge is 0.464 e. The van der Waals surface area contributed by atoms with Gasteiger partial charge in [0, 0.05) is 12.8 Å². The molecule has 0 fully saturated rings. The molecule has 0 unspecified atom stereocenters. The van der Waals surface area contributed by atoms with Crippen molar-refractivity contribution in [3.8, 4) is 12.3 Å². The summed E-state index contributed by atoms with van der Waals surface area (Å²) in [6, 6.07) is 4.91. The molecule has 1 aromatic rings. The van der Waals surface area contributed by atoms with E-state index in [0.29, 0.717) is 5.56 Å². The third-order valence-electron chi connectivity index (χ3n) is 2.89. The second-order valence-corrected chi connectivity index (χ2v) is 4.51. The second-order valence-electron chi connectivity index (χ2n) is 4.51. The Kier molecular flexibility index (Phi) is 6.41. The van der Waals surface area contributed by atoms with Crippen LogP contribution in [0.1, 0.15) is 31.7 Å². The van der Waals surface area contributed by atoms with Crippen molar-refractivity contribution in [2.45, 2.75) is 32.2 Å². The highest BCUT2D eigenvalue weighted by atomic mass is 19.1. The number of carbonyl (C=O) groups excluding carboxylic acids is 2. The van der Waals surface area contributed by atoms with Gasteiger partial charge < -0.3 is 10.1 Å². The molecule has 0 spiro atoms. The van der Waals surface area contributed by atoms with Crippen LogP contribution in [-0.2, 0) is 14.3 Å². The molecule has 5 heteroatoms. The molecular weight excluding hydrogens is 273 g/mol. The normalized spacial score (nSPS) is 12.9. The monoisotopic (exact) mass is 291 g/mol. The van der Waals surface area contributed by atoms with Gasteiger partial charge in [0.15, 0.2) is 0 Å². The lowest BCUT2D eigenvalue weighted by Crippen LogP contribution is -2.41. The van der Waals surface area contributed by atoms with Gasteiger partial charge in [-0.1, -0.05) is 18.1 Å². The zero-order valence-electron chi connectivity index (χ0n) is 12.1. The molecule has 1 aromatic carbocycles. The maximum atomic E-state index is 12.9. The van der Waals surface area contributed by atoms with Gasteiger partial charge in [-0.15, -0.1) is 6.42 Å². The Morgan fingerprint density at radius 1 is 1.38 bits per heavy atom. The second kappa shape index (κ2) is 8.05. The summed E-state index contributed by atoms with van der Waals surface area (Å²) < 4.78 is 17.9. The van der Waals surface area contributed by atoms with Crippen molar-refractivity contribution in [1.82, 2.24) is 5.32 Å². The van der Waals surface area contributed by atoms with Gasteiger partial charge in [0.1, 0.15) is 11.9 Å². The van der Waals surface area contributed by atoms with Crippen molar-refractivity contribution < 1.29 is 18.7 Å². The molecule has 0 radical (unpaired) electrons. The first-order valence-corrected chi connectivity index (χ1v) is 6.63. The highest BCUT2D eigenvalue weighted by molar-refractivity contribution is 5.83. The van der Waals surface area contributed by atoms with Crippen LogP contribution in [0.4, 0.5) is 4.39 Å². The first kappa shape index (κ1) is 16.7. The van der Waals surface area contributed by atoms with Crippen LogP contribution in [0.5, 0.6) is 0 Å². The summed E-state index contributed by atoms with van der Waals surface area (Å²) in [7, 11) is 0. The van der Waals surface area contributed by atoms with Crippen molar-refractivity contribution in [3.05, 3.63) is 35.6 Å². The van der Waals surface area contributed by atoms with Crippen LogP contribution in [0.25, 0.3) is 0 Å². The molecule has 0 saturated heterocycles. The predicted molar refractivity (Wildman–Crippen MR) is 76.8 cm³/mol. The number of ether oxygens (including phenoxy) is 1. The van der Waals surface area contributed by atoms with Crippen molar-refractivity contribution in [3.63, 3.8) is 0 Å². The van der Waals surface area contributed by atoms with Gasteiger partial charge in [0.25, 0.3) is 0 Å². The topological polar surface area (TPSA) is 55.4 Å². The van der Waals surface area contributed by atoms with E-state index in [1.807, 2.05) is 0 Å². The number of hydrogen-bond donors (Lipinski definition) is 1. The lowest BCUT2D eigenvalue weighted by molar-refractivity contribution is -0.147. The fourth-order valence-electron chi connectivity index (χ4n) is 1.93. The molecule has 0 saturated carbocycles. The van der Waals surface area contributed by atoms with Crippen LogP contribution < -0.4 is 5.32 Å². The lowest BCUT2D eigenvalue weighted by atomic mass is 9.92. The molecule has 1 rings (SSSR count). The smallest absolute Gasteiger partial charge is 0.328 e. The molecule has 21 heavy (non-hydrogen) atoms. The summed E-state index contributed by atoms with van der Waals surface area (Å²) in [5.41, 5.74) is 0.707. The Morgan fingerprint density at radius 3 is 2.48 bits per heavy atom. The number of esters is 1. The zero-order valence-corrected chi connectivity index (χ0v) is 12.1. The molecule has 1 N–H and O–H groups in total. The van der Waals surface area contributed by atoms with Crippen LogP contribution in [-0.4, -0.2) is 24.5 Å². The van der Waals surface area contributed by atoms with E-state index in [2.05, 4.69) is 11.2 Å². The van der Waals surface area contributed by atoms with E-state index < -0.39 is 17.9 Å². The van der Waals surface area contributed by atoms with E-state index in [-0.39, 0.29) is 24.8 Å². The summed E-state index contributed by atoms with van der Waals surface area (Å²) in [5.74, 6) is 0.893. The molecule has 2 atom stereocenters. The van der Waals surface area contributed by atoms with Gasteiger partial charge in [0.2, 0.25) is 5.91 Å². The summed E-state index contributed by atoms with van der Waals surface area (Å²) in [6.07, 6.45) is 5.68. The highest BCUT2D eigenvalue weighted by Gasteiger charge is 2.25. The average Bonchev–Trinajstić information content (AvgIpc) is 2.44. The molecule has 0 bridgehead atoms. The van der Waals surface area contributed by atoms with Gasteiger partial charge in [-0.3, -0.25) is 4.79 Å². The minimum atomic E-state index is -0.825. The van der Waals surface area contributed by atoms with Gasteiger partial charge in [-0.2, -0.15) is 0 Å². The van der Waals surface area contributed by atoms with Gasteiger partial charge >= 0.3 is 5.97 Å². The number of halogens is 1. The standard InChI is InChI=1S/C16H18FNO3/c1-4-12(13-6-8-14(17)9-7-13)10-15(18-11(3)19)16(20)21-5-2/h1,6-9,12,15H,5,10H2,2-3H3,(H,18,19)/t12-,15-/m0/s1. The Morgan fingerprint density at radius 2 is 2.00 bits per heavy atom. The number of rotatable bonds is 6. The Hall–Kier alpha value is -2.35. The summed E-state index contributed by atoms with van der Waals surface area (Å²) in [5, 5.41) is 2.53. The van der Waals surface area contributed by atoms with Crippen molar-refractivity contribution in [2.24, 2.45) is 0 Å². The van der Waals surface area contributed by atoms with Gasteiger partial charge in [-0.25, -0.2) is 9.18 Å². The fraction of sp³-hybridized carbons (Fsp3) is 0.375. The van der Waals surface area contributed by atoms with E-state index >= 15 is 0 Å². The number of benzene rings is 1. The third kappa shape index (κ3) is 5.27. The Bertz CT molecular complexity index is 533. The van der Waals surface area contributed by atoms with E-state index in [1.54, 1.807) is 19.1 Å². The van der Waals surface area contributed by atoms with Crippen molar-refractivity contribution >= 4 is 11.9 Å². The predicted octanol–water partition coefficient (Wildman–Crippen LogP) is 2.00. The van der Waals surface area contributed by atoms with E-state index in [9.17, 15) is 14.0 Å². The van der Waals surface area contributed by atoms with Crippen LogP contribution in [0.2, 0.25) is 0 Å². The third-order valence-corrected chi connectivity index (χ3v) is 2.89. The summed E-state index contributed by atoms with van der Waals surface area (Å²) >= 11 is 0. The summed E-state index contributed by atoms with van der Waals surface area (Å²) in [4.78, 5) is 23.0. The van der Waals surface area contributed by atoms with Crippen LogP contribution >= 0.6 is 0 Å². The van der Waals surface area contributed by atoms with Crippen LogP contribution in [0, 0.1) is 18.2 Å². The molecular formula is C16H18FNO3. The lowest BCUT2D eigenvalue weighted by Gasteiger charge is -2.20. The van der Waals surface area contributed by atoms with Crippen molar-refractivity contribution in [1.29, 1.82) is 0 Å². The summed E-state index contributed by atoms with van der Waals surface area (Å²) in [6.45, 7) is 3.21. The average molecular weight is 291 g/mol. The van der Waals surface area contributed by atoms with Crippen molar-refractivity contribution in [2.75, 3.05) is 6.61 Å². The minimum absolute atomic E-state index is 0.195. The maximum Gasteiger partial charge on any atom is 0.328 e. The molecule has 0 aliphatic rings. The van der Waals surface area contributed by atoms with Gasteiger partial charge in [0.05, 0.1) is 6.61 Å². The number of hydrogen-bond acceptors (Lipinski definition) is 3. The molecule has 0 aliphatic heterocycles. The Balaban J connectivity index is 2.88. The van der Waals surface area contributed by atoms with Crippen LogP contribution in [0.15, 0.2) is 24.3 Å². The SMILES string of the molecule is C#C[C@@H](C[C@H](NC(C)=O)C(=O)OCC)c1ccc(F)cc1. The highest BCUT2D eigenvalue weighted by Crippen LogP contribution is 2.21. The molecule has 1 amide bonds. The quantitative estimate of drug-likeness (QED) is 0.644. The number of nitrogens with one attached hydrogen (secondary N) is 1. The Labute approximate surface area is 123 Å². The van der Waals surface area contributed by atoms with Crippen LogP contribution in [0.3, 0.4) is 0 Å². The number of terminal acetylenes is 1. The number of amides is 1. The number of carbonyl (C=O) groups is 2. The molecule has 0 heterocycles. The molecule has 0 aromatic heterocycles. The van der Waals surface area contributed by atoms with E-state index in [4.69, 9.17) is 11.2 Å². The van der Waals surface area contributed by atoms with E-state index in [1.165, 1.54) is 19.1 Å². The van der Waals surface area contributed by atoms with Gasteiger partial charge in [-0.05, 0) is 31.0 Å². The molecule has 4 nitrogen and oxygen atoms in total. The first-order chi connectivity index (χ1) is 9.97. The zero-order chi connectivity index (χ0) is 15.8. The maximum absolute atomic E-state index is 12.9. The minimum Gasteiger partial charge on any atom is -0.464 e. The molecule has 112 valence electrons.